The summed E-state index contributed by atoms with van der Waals surface area (Å²) in [6.45, 7) is 1.92. The lowest BCUT2D eigenvalue weighted by molar-refractivity contribution is 0.411. The lowest BCUT2D eigenvalue weighted by Gasteiger charge is -2.10. The van der Waals surface area contributed by atoms with Crippen LogP contribution in [0.15, 0.2) is 58.2 Å². The van der Waals surface area contributed by atoms with Crippen LogP contribution in [0, 0.1) is 6.92 Å². The molecule has 0 spiro atoms. The molecule has 0 bridgehead atoms. The van der Waals surface area contributed by atoms with Crippen LogP contribution in [-0.4, -0.2) is 27.1 Å². The number of H-pyrrole nitrogens is 1. The van der Waals surface area contributed by atoms with Crippen LogP contribution in [0.5, 0.6) is 5.75 Å². The zero-order valence-corrected chi connectivity index (χ0v) is 15.4. The van der Waals surface area contributed by atoms with Gasteiger partial charge in [0.2, 0.25) is 10.0 Å². The Kier molecular flexibility index (Phi) is 5.11. The highest BCUT2D eigenvalue weighted by Gasteiger charge is 2.15. The number of nitrogens with one attached hydrogen (secondary N) is 2. The summed E-state index contributed by atoms with van der Waals surface area (Å²) in [6, 6.07) is 13.9. The van der Waals surface area contributed by atoms with Gasteiger partial charge in [0.25, 0.3) is 5.56 Å². The van der Waals surface area contributed by atoms with E-state index in [0.29, 0.717) is 17.7 Å². The molecule has 3 rings (SSSR count). The first kappa shape index (κ1) is 18.2. The molecule has 0 aliphatic rings. The van der Waals surface area contributed by atoms with Gasteiger partial charge in [0.1, 0.15) is 5.75 Å². The van der Waals surface area contributed by atoms with Crippen molar-refractivity contribution in [3.05, 3.63) is 70.0 Å². The van der Waals surface area contributed by atoms with Crippen LogP contribution in [0.3, 0.4) is 0 Å². The molecule has 1 aromatic heterocycles. The predicted molar refractivity (Wildman–Crippen MR) is 101 cm³/mol. The highest BCUT2D eigenvalue weighted by atomic mass is 32.2. The molecule has 0 unspecified atom stereocenters. The standard InChI is InChI=1S/C19H20N2O4S/c1-13-11-16(7-8-18(13)25-2)26(23,24)20-10-9-15-12-14-5-3-4-6-17(14)21-19(15)22/h3-8,11-12,20H,9-10H2,1-2H3,(H,21,22). The number of pyridine rings is 1. The number of rotatable bonds is 6. The van der Waals surface area contributed by atoms with E-state index in [9.17, 15) is 13.2 Å². The quantitative estimate of drug-likeness (QED) is 0.695. The van der Waals surface area contributed by atoms with Crippen molar-refractivity contribution in [2.75, 3.05) is 13.7 Å². The van der Waals surface area contributed by atoms with Gasteiger partial charge in [0.15, 0.2) is 0 Å². The molecule has 0 atom stereocenters. The van der Waals surface area contributed by atoms with E-state index in [-0.39, 0.29) is 17.0 Å². The number of benzene rings is 2. The predicted octanol–water partition coefficient (Wildman–Crippen LogP) is 2.37. The second kappa shape index (κ2) is 7.31. The summed E-state index contributed by atoms with van der Waals surface area (Å²) in [5, 5.41) is 0.913. The highest BCUT2D eigenvalue weighted by Crippen LogP contribution is 2.21. The maximum absolute atomic E-state index is 12.4. The summed E-state index contributed by atoms with van der Waals surface area (Å²) in [5.41, 5.74) is 1.83. The molecule has 0 saturated carbocycles. The van der Waals surface area contributed by atoms with Crippen molar-refractivity contribution in [1.82, 2.24) is 9.71 Å². The van der Waals surface area contributed by atoms with Gasteiger partial charge in [-0.25, -0.2) is 13.1 Å². The minimum atomic E-state index is -3.65. The second-order valence-electron chi connectivity index (χ2n) is 5.99. The smallest absolute Gasteiger partial charge is 0.251 e. The third kappa shape index (κ3) is 3.79. The van der Waals surface area contributed by atoms with Crippen molar-refractivity contribution >= 4 is 20.9 Å². The van der Waals surface area contributed by atoms with Crippen molar-refractivity contribution in [2.45, 2.75) is 18.2 Å². The largest absolute Gasteiger partial charge is 0.496 e. The Morgan fingerprint density at radius 2 is 1.88 bits per heavy atom. The van der Waals surface area contributed by atoms with Gasteiger partial charge in [-0.3, -0.25) is 4.79 Å². The number of ether oxygens (including phenoxy) is 1. The van der Waals surface area contributed by atoms with Crippen LogP contribution in [0.2, 0.25) is 0 Å². The summed E-state index contributed by atoms with van der Waals surface area (Å²) in [5.74, 6) is 0.631. The lowest BCUT2D eigenvalue weighted by atomic mass is 10.1. The summed E-state index contributed by atoms with van der Waals surface area (Å²) in [4.78, 5) is 15.1. The van der Waals surface area contributed by atoms with E-state index < -0.39 is 10.0 Å². The van der Waals surface area contributed by atoms with Crippen LogP contribution in [0.25, 0.3) is 10.9 Å². The molecule has 26 heavy (non-hydrogen) atoms. The van der Waals surface area contributed by atoms with E-state index >= 15 is 0 Å². The number of hydrogen-bond acceptors (Lipinski definition) is 4. The molecule has 0 fully saturated rings. The fourth-order valence-electron chi connectivity index (χ4n) is 2.80. The van der Waals surface area contributed by atoms with Gasteiger partial charge in [0, 0.05) is 17.6 Å². The Morgan fingerprint density at radius 1 is 1.12 bits per heavy atom. The van der Waals surface area contributed by atoms with Crippen molar-refractivity contribution in [2.24, 2.45) is 0 Å². The van der Waals surface area contributed by atoms with Crippen molar-refractivity contribution in [1.29, 1.82) is 0 Å². The van der Waals surface area contributed by atoms with Gasteiger partial charge in [-0.15, -0.1) is 0 Å². The van der Waals surface area contributed by atoms with Gasteiger partial charge in [-0.05, 0) is 54.6 Å². The molecule has 2 aromatic carbocycles. The van der Waals surface area contributed by atoms with Crippen LogP contribution >= 0.6 is 0 Å². The maximum Gasteiger partial charge on any atom is 0.251 e. The SMILES string of the molecule is COc1ccc(S(=O)(=O)NCCc2cc3ccccc3[nH]c2=O)cc1C. The summed E-state index contributed by atoms with van der Waals surface area (Å²) >= 11 is 0. The fourth-order valence-corrected chi connectivity index (χ4v) is 3.92. The molecule has 1 heterocycles. The van der Waals surface area contributed by atoms with Gasteiger partial charge in [-0.1, -0.05) is 18.2 Å². The summed E-state index contributed by atoms with van der Waals surface area (Å²) < 4.78 is 32.6. The Bertz CT molecular complexity index is 1100. The molecule has 0 aliphatic carbocycles. The number of fused-ring (bicyclic) bond motifs is 1. The average molecular weight is 372 g/mol. The van der Waals surface area contributed by atoms with E-state index in [1.807, 2.05) is 24.3 Å². The number of aryl methyl sites for hydroxylation is 1. The van der Waals surface area contributed by atoms with Crippen LogP contribution < -0.4 is 15.0 Å². The molecule has 0 aliphatic heterocycles. The Labute approximate surface area is 151 Å². The van der Waals surface area contributed by atoms with Crippen molar-refractivity contribution in [3.63, 3.8) is 0 Å². The molecule has 2 N–H and O–H groups in total. The third-order valence-electron chi connectivity index (χ3n) is 4.19. The van der Waals surface area contributed by atoms with Gasteiger partial charge in [0.05, 0.1) is 12.0 Å². The number of para-hydroxylation sites is 1. The van der Waals surface area contributed by atoms with Crippen LogP contribution in [0.1, 0.15) is 11.1 Å². The van der Waals surface area contributed by atoms with E-state index in [2.05, 4.69) is 9.71 Å². The van der Waals surface area contributed by atoms with E-state index in [1.165, 1.54) is 13.2 Å². The first-order valence-corrected chi connectivity index (χ1v) is 9.64. The summed E-state index contributed by atoms with van der Waals surface area (Å²) in [6.07, 6.45) is 0.300. The molecule has 7 heteroatoms. The number of aromatic nitrogens is 1. The molecule has 0 radical (unpaired) electrons. The zero-order valence-electron chi connectivity index (χ0n) is 14.6. The maximum atomic E-state index is 12.4. The minimum Gasteiger partial charge on any atom is -0.496 e. The Morgan fingerprint density at radius 3 is 2.62 bits per heavy atom. The Hall–Kier alpha value is -2.64. The van der Waals surface area contributed by atoms with E-state index in [4.69, 9.17) is 4.74 Å². The minimum absolute atomic E-state index is 0.134. The number of aromatic amines is 1. The van der Waals surface area contributed by atoms with E-state index in [1.54, 1.807) is 25.1 Å². The average Bonchev–Trinajstić information content (AvgIpc) is 2.62. The molecular formula is C19H20N2O4S. The molecule has 6 nitrogen and oxygen atoms in total. The Balaban J connectivity index is 1.74. The number of hydrogen-bond donors (Lipinski definition) is 2. The fraction of sp³-hybridized carbons (Fsp3) is 0.211. The van der Waals surface area contributed by atoms with Crippen molar-refractivity contribution in [3.8, 4) is 5.75 Å². The topological polar surface area (TPSA) is 88.3 Å². The number of sulfonamides is 1. The molecule has 0 saturated heterocycles. The number of methoxy groups -OCH3 is 1. The first-order valence-electron chi connectivity index (χ1n) is 8.16. The molecule has 136 valence electrons. The normalized spacial score (nSPS) is 11.6. The van der Waals surface area contributed by atoms with Gasteiger partial charge >= 0.3 is 0 Å². The van der Waals surface area contributed by atoms with E-state index in [0.717, 1.165) is 16.5 Å². The lowest BCUT2D eigenvalue weighted by Crippen LogP contribution is -2.27. The third-order valence-corrected chi connectivity index (χ3v) is 5.65. The molecular weight excluding hydrogens is 352 g/mol. The van der Waals surface area contributed by atoms with Crippen LogP contribution in [-0.2, 0) is 16.4 Å². The van der Waals surface area contributed by atoms with Gasteiger partial charge < -0.3 is 9.72 Å². The van der Waals surface area contributed by atoms with Gasteiger partial charge in [-0.2, -0.15) is 0 Å². The van der Waals surface area contributed by atoms with Crippen LogP contribution in [0.4, 0.5) is 0 Å². The summed E-state index contributed by atoms with van der Waals surface area (Å²) in [7, 11) is -2.11. The molecule has 0 amide bonds. The molecule has 3 aromatic rings. The first-order chi connectivity index (χ1) is 12.4. The second-order valence-corrected chi connectivity index (χ2v) is 7.76. The van der Waals surface area contributed by atoms with Crippen molar-refractivity contribution < 1.29 is 13.2 Å². The zero-order chi connectivity index (χ0) is 18.7. The monoisotopic (exact) mass is 372 g/mol. The highest BCUT2D eigenvalue weighted by molar-refractivity contribution is 7.89.